The Kier molecular flexibility index (Phi) is 3.81. The number of benzene rings is 1. The van der Waals surface area contributed by atoms with Gasteiger partial charge in [-0.2, -0.15) is 0 Å². The minimum Gasteiger partial charge on any atom is -0.459 e. The van der Waals surface area contributed by atoms with Gasteiger partial charge in [0.05, 0.1) is 6.26 Å². The molecule has 0 bridgehead atoms. The van der Waals surface area contributed by atoms with Gasteiger partial charge in [-0.3, -0.25) is 4.79 Å². The lowest BCUT2D eigenvalue weighted by Crippen LogP contribution is -2.23. The fourth-order valence-corrected chi connectivity index (χ4v) is 1.95. The summed E-state index contributed by atoms with van der Waals surface area (Å²) in [5.41, 5.74) is 1.17. The summed E-state index contributed by atoms with van der Waals surface area (Å²) in [5.74, 6) is -0.447. The first-order valence-electron chi connectivity index (χ1n) is 5.34. The number of hydrogen-bond acceptors (Lipinski definition) is 2. The lowest BCUT2D eigenvalue weighted by atomic mass is 10.2. The van der Waals surface area contributed by atoms with Crippen molar-refractivity contribution in [1.82, 2.24) is 5.32 Å². The highest BCUT2D eigenvalue weighted by Gasteiger charge is 2.12. The number of furan rings is 1. The predicted molar refractivity (Wildman–Crippen MR) is 68.7 cm³/mol. The molecule has 2 aromatic rings. The standard InChI is InChI=1S/C13H11BrFNO2/c1-8-4-5-18-12(8)13(17)16-7-9-6-10(14)2-3-11(9)15/h2-6H,7H2,1H3,(H,16,17). The molecule has 0 aliphatic rings. The quantitative estimate of drug-likeness (QED) is 0.943. The van der Waals surface area contributed by atoms with Crippen molar-refractivity contribution in [2.45, 2.75) is 13.5 Å². The van der Waals surface area contributed by atoms with Gasteiger partial charge in [0.25, 0.3) is 5.91 Å². The van der Waals surface area contributed by atoms with Gasteiger partial charge in [0.1, 0.15) is 5.82 Å². The van der Waals surface area contributed by atoms with Crippen LogP contribution in [0.3, 0.4) is 0 Å². The summed E-state index contributed by atoms with van der Waals surface area (Å²) in [5, 5.41) is 2.62. The van der Waals surface area contributed by atoms with Gasteiger partial charge in [0.2, 0.25) is 0 Å². The molecule has 18 heavy (non-hydrogen) atoms. The van der Waals surface area contributed by atoms with Gasteiger partial charge in [-0.05, 0) is 31.2 Å². The highest BCUT2D eigenvalue weighted by molar-refractivity contribution is 9.10. The van der Waals surface area contributed by atoms with Gasteiger partial charge in [0, 0.05) is 22.1 Å². The monoisotopic (exact) mass is 311 g/mol. The van der Waals surface area contributed by atoms with Crippen LogP contribution in [0.4, 0.5) is 4.39 Å². The molecule has 2 rings (SSSR count). The van der Waals surface area contributed by atoms with E-state index in [1.54, 1.807) is 25.1 Å². The number of hydrogen-bond donors (Lipinski definition) is 1. The summed E-state index contributed by atoms with van der Waals surface area (Å²) < 4.78 is 19.3. The van der Waals surface area contributed by atoms with Gasteiger partial charge in [-0.15, -0.1) is 0 Å². The van der Waals surface area contributed by atoms with Crippen molar-refractivity contribution in [3.8, 4) is 0 Å². The molecule has 1 N–H and O–H groups in total. The third kappa shape index (κ3) is 2.79. The van der Waals surface area contributed by atoms with Crippen LogP contribution in [0.25, 0.3) is 0 Å². The van der Waals surface area contributed by atoms with Crippen LogP contribution in [-0.4, -0.2) is 5.91 Å². The molecular formula is C13H11BrFNO2. The van der Waals surface area contributed by atoms with Crippen molar-refractivity contribution < 1.29 is 13.6 Å². The topological polar surface area (TPSA) is 42.2 Å². The van der Waals surface area contributed by atoms with E-state index in [9.17, 15) is 9.18 Å². The summed E-state index contributed by atoms with van der Waals surface area (Å²) in [6, 6.07) is 6.29. The Morgan fingerprint density at radius 3 is 2.89 bits per heavy atom. The van der Waals surface area contributed by atoms with Gasteiger partial charge in [-0.25, -0.2) is 4.39 Å². The molecular weight excluding hydrogens is 301 g/mol. The number of nitrogens with one attached hydrogen (secondary N) is 1. The molecule has 0 unspecified atom stereocenters. The fourth-order valence-electron chi connectivity index (χ4n) is 1.54. The van der Waals surface area contributed by atoms with Crippen molar-refractivity contribution in [2.24, 2.45) is 0 Å². The van der Waals surface area contributed by atoms with Gasteiger partial charge < -0.3 is 9.73 Å². The highest BCUT2D eigenvalue weighted by Crippen LogP contribution is 2.16. The third-order valence-corrected chi connectivity index (χ3v) is 3.01. The fraction of sp³-hybridized carbons (Fsp3) is 0.154. The highest BCUT2D eigenvalue weighted by atomic mass is 79.9. The molecule has 3 nitrogen and oxygen atoms in total. The summed E-state index contributed by atoms with van der Waals surface area (Å²) in [4.78, 5) is 11.8. The average molecular weight is 312 g/mol. The molecule has 1 aromatic heterocycles. The van der Waals surface area contributed by atoms with Gasteiger partial charge in [0.15, 0.2) is 5.76 Å². The average Bonchev–Trinajstić information content (AvgIpc) is 2.76. The molecule has 0 saturated heterocycles. The molecule has 94 valence electrons. The number of aryl methyl sites for hydroxylation is 1. The van der Waals surface area contributed by atoms with Crippen molar-refractivity contribution in [1.29, 1.82) is 0 Å². The minimum absolute atomic E-state index is 0.115. The number of carbonyl (C=O) groups excluding carboxylic acids is 1. The Labute approximate surface area is 112 Å². The Morgan fingerprint density at radius 2 is 2.22 bits per heavy atom. The lowest BCUT2D eigenvalue weighted by molar-refractivity contribution is 0.0922. The number of rotatable bonds is 3. The van der Waals surface area contributed by atoms with E-state index in [0.717, 1.165) is 10.0 Å². The first-order valence-corrected chi connectivity index (χ1v) is 6.13. The van der Waals surface area contributed by atoms with E-state index < -0.39 is 0 Å². The molecule has 0 aliphatic carbocycles. The first-order chi connectivity index (χ1) is 8.58. The minimum atomic E-state index is -0.352. The SMILES string of the molecule is Cc1ccoc1C(=O)NCc1cc(Br)ccc1F. The van der Waals surface area contributed by atoms with Crippen LogP contribution in [0.15, 0.2) is 39.4 Å². The summed E-state index contributed by atoms with van der Waals surface area (Å²) in [7, 11) is 0. The van der Waals surface area contributed by atoms with E-state index in [2.05, 4.69) is 21.2 Å². The normalized spacial score (nSPS) is 10.4. The zero-order valence-corrected chi connectivity index (χ0v) is 11.3. The Balaban J connectivity index is 2.06. The molecule has 0 saturated carbocycles. The second-order valence-corrected chi connectivity index (χ2v) is 4.77. The van der Waals surface area contributed by atoms with Crippen LogP contribution in [0.2, 0.25) is 0 Å². The van der Waals surface area contributed by atoms with Gasteiger partial charge in [-0.1, -0.05) is 15.9 Å². The van der Waals surface area contributed by atoms with E-state index in [0.29, 0.717) is 5.56 Å². The van der Waals surface area contributed by atoms with Crippen molar-refractivity contribution in [3.05, 3.63) is 57.7 Å². The maximum atomic E-state index is 13.4. The van der Waals surface area contributed by atoms with Crippen LogP contribution >= 0.6 is 15.9 Å². The van der Waals surface area contributed by atoms with E-state index in [1.165, 1.54) is 12.3 Å². The number of carbonyl (C=O) groups is 1. The Hall–Kier alpha value is -1.62. The predicted octanol–water partition coefficient (Wildman–Crippen LogP) is 3.42. The molecule has 0 aliphatic heterocycles. The Bertz CT molecular complexity index is 580. The molecule has 0 spiro atoms. The smallest absolute Gasteiger partial charge is 0.287 e. The second-order valence-electron chi connectivity index (χ2n) is 3.85. The lowest BCUT2D eigenvalue weighted by Gasteiger charge is -2.06. The molecule has 5 heteroatoms. The first kappa shape index (κ1) is 12.8. The third-order valence-electron chi connectivity index (χ3n) is 2.52. The van der Waals surface area contributed by atoms with Crippen LogP contribution in [0.1, 0.15) is 21.7 Å². The van der Waals surface area contributed by atoms with Gasteiger partial charge >= 0.3 is 0 Å². The van der Waals surface area contributed by atoms with E-state index in [4.69, 9.17) is 4.42 Å². The van der Waals surface area contributed by atoms with Crippen LogP contribution in [-0.2, 0) is 6.54 Å². The maximum absolute atomic E-state index is 13.4. The van der Waals surface area contributed by atoms with E-state index >= 15 is 0 Å². The zero-order chi connectivity index (χ0) is 13.1. The van der Waals surface area contributed by atoms with E-state index in [-0.39, 0.29) is 24.0 Å². The molecule has 1 amide bonds. The molecule has 1 heterocycles. The van der Waals surface area contributed by atoms with Crippen molar-refractivity contribution in [3.63, 3.8) is 0 Å². The van der Waals surface area contributed by atoms with E-state index in [1.807, 2.05) is 0 Å². The molecule has 0 fully saturated rings. The second kappa shape index (κ2) is 5.35. The largest absolute Gasteiger partial charge is 0.459 e. The van der Waals surface area contributed by atoms with Crippen LogP contribution < -0.4 is 5.32 Å². The van der Waals surface area contributed by atoms with Crippen LogP contribution in [0.5, 0.6) is 0 Å². The van der Waals surface area contributed by atoms with Crippen molar-refractivity contribution in [2.75, 3.05) is 0 Å². The zero-order valence-electron chi connectivity index (χ0n) is 9.67. The molecule has 0 atom stereocenters. The van der Waals surface area contributed by atoms with Crippen molar-refractivity contribution >= 4 is 21.8 Å². The Morgan fingerprint density at radius 1 is 1.44 bits per heavy atom. The number of halogens is 2. The summed E-state index contributed by atoms with van der Waals surface area (Å²) in [6.07, 6.45) is 1.45. The molecule has 1 aromatic carbocycles. The number of amides is 1. The maximum Gasteiger partial charge on any atom is 0.287 e. The van der Waals surface area contributed by atoms with Crippen LogP contribution in [0, 0.1) is 12.7 Å². The molecule has 0 radical (unpaired) electrons. The summed E-state index contributed by atoms with van der Waals surface area (Å²) in [6.45, 7) is 1.89. The summed E-state index contributed by atoms with van der Waals surface area (Å²) >= 11 is 3.26.